The quantitative estimate of drug-likeness (QED) is 0.0406. The van der Waals surface area contributed by atoms with Gasteiger partial charge in [-0.2, -0.15) is 5.10 Å². The lowest BCUT2D eigenvalue weighted by Crippen LogP contribution is -2.60. The van der Waals surface area contributed by atoms with Crippen LogP contribution in [0.1, 0.15) is 180 Å². The maximum atomic E-state index is 15.1. The predicted molar refractivity (Wildman–Crippen MR) is 313 cm³/mol. The lowest BCUT2D eigenvalue weighted by atomic mass is 9.82. The fourth-order valence-electron chi connectivity index (χ4n) is 12.6. The van der Waals surface area contributed by atoms with Gasteiger partial charge in [0.05, 0.1) is 52.0 Å². The third-order valence-electron chi connectivity index (χ3n) is 17.3. The number of likely N-dealkylation sites (tertiary alicyclic amines) is 1. The molecule has 430 valence electrons. The van der Waals surface area contributed by atoms with Crippen LogP contribution in [0.3, 0.4) is 0 Å². The number of carbonyl (C=O) groups is 2. The number of amides is 2. The molecule has 13 nitrogen and oxygen atoms in total. The van der Waals surface area contributed by atoms with Crippen LogP contribution in [0.15, 0.2) is 77.3 Å². The first-order chi connectivity index (χ1) is 38.3. The lowest BCUT2D eigenvalue weighted by Gasteiger charge is -2.40. The molecule has 80 heavy (non-hydrogen) atoms. The number of nitrogens with one attached hydrogen (secondary N) is 2. The summed E-state index contributed by atoms with van der Waals surface area (Å²) in [5, 5.41) is 34.4. The molecule has 6 atom stereocenters. The Morgan fingerprint density at radius 1 is 0.900 bits per heavy atom. The molecule has 3 aromatic carbocycles. The van der Waals surface area contributed by atoms with Gasteiger partial charge in [0.15, 0.2) is 0 Å². The smallest absolute Gasteiger partial charge is 0.264 e. The van der Waals surface area contributed by atoms with Gasteiger partial charge in [0, 0.05) is 68.0 Å². The molecule has 2 amide bonds. The first-order valence-electron chi connectivity index (χ1n) is 29.2. The van der Waals surface area contributed by atoms with Crippen molar-refractivity contribution in [1.82, 2.24) is 34.9 Å². The van der Waals surface area contributed by atoms with Crippen molar-refractivity contribution in [2.45, 2.75) is 193 Å². The van der Waals surface area contributed by atoms with E-state index >= 15 is 8.78 Å². The molecule has 2 fully saturated rings. The van der Waals surface area contributed by atoms with Gasteiger partial charge in [0.2, 0.25) is 11.8 Å². The number of pyridine rings is 1. The van der Waals surface area contributed by atoms with E-state index < -0.39 is 36.3 Å². The van der Waals surface area contributed by atoms with Gasteiger partial charge in [-0.05, 0) is 153 Å². The van der Waals surface area contributed by atoms with Gasteiger partial charge in [-0.1, -0.05) is 89.3 Å². The molecule has 16 heteroatoms. The average molecular weight is 1120 g/mol. The summed E-state index contributed by atoms with van der Waals surface area (Å²) in [5.41, 5.74) is 11.7. The molecule has 6 aromatic rings. The van der Waals surface area contributed by atoms with Gasteiger partial charge in [-0.15, -0.1) is 11.3 Å². The maximum absolute atomic E-state index is 15.1. The van der Waals surface area contributed by atoms with Crippen LogP contribution in [0.4, 0.5) is 8.78 Å². The topological polar surface area (TPSA) is 164 Å². The summed E-state index contributed by atoms with van der Waals surface area (Å²) in [5.74, 6) is 0.0285. The van der Waals surface area contributed by atoms with Crippen molar-refractivity contribution in [3.63, 3.8) is 0 Å². The fraction of sp³-hybridized carbons (Fsp3) is 0.547. The van der Waals surface area contributed by atoms with Gasteiger partial charge in [-0.25, -0.2) is 13.8 Å². The maximum Gasteiger partial charge on any atom is 0.264 e. The van der Waals surface area contributed by atoms with Crippen LogP contribution >= 0.6 is 11.3 Å². The molecule has 3 aliphatic rings. The minimum Gasteiger partial charge on any atom is -0.392 e. The highest BCUT2D eigenvalue weighted by atomic mass is 32.1. The predicted octanol–water partition coefficient (Wildman–Crippen LogP) is 11.9. The number of aliphatic hydroxyl groups excluding tert-OH is 2. The highest BCUT2D eigenvalue weighted by Crippen LogP contribution is 2.42. The van der Waals surface area contributed by atoms with Crippen molar-refractivity contribution in [2.24, 2.45) is 12.5 Å². The van der Waals surface area contributed by atoms with E-state index in [0.717, 1.165) is 128 Å². The molecule has 0 saturated carbocycles. The number of benzene rings is 3. The zero-order chi connectivity index (χ0) is 56.8. The third kappa shape index (κ3) is 13.8. The molecule has 0 bridgehead atoms. The van der Waals surface area contributed by atoms with Gasteiger partial charge in [0.25, 0.3) is 12.0 Å². The molecular formula is C64H83F2N7O6S. The molecular weight excluding hydrogens is 1030 g/mol. The zero-order valence-corrected chi connectivity index (χ0v) is 48.7. The number of rotatable bonds is 21. The molecule has 3 aromatic heterocycles. The summed E-state index contributed by atoms with van der Waals surface area (Å²) < 4.78 is 39.4. The first kappa shape index (κ1) is 59.0. The Bertz CT molecular complexity index is 3160. The Kier molecular flexibility index (Phi) is 19.2. The van der Waals surface area contributed by atoms with Crippen LogP contribution in [0.2, 0.25) is 0 Å². The largest absolute Gasteiger partial charge is 0.392 e. The first-order valence-corrected chi connectivity index (χ1v) is 30.1. The zero-order valence-electron chi connectivity index (χ0n) is 47.9. The van der Waals surface area contributed by atoms with E-state index in [9.17, 15) is 24.6 Å². The number of hydrogen-bond donors (Lipinski definition) is 4. The number of ether oxygens (including phenoxy) is 1. The average Bonchev–Trinajstić information content (AvgIpc) is 4.20. The molecule has 0 spiro atoms. The van der Waals surface area contributed by atoms with E-state index in [1.54, 1.807) is 33.1 Å². The van der Waals surface area contributed by atoms with Crippen LogP contribution in [0.5, 0.6) is 0 Å². The molecule has 2 saturated heterocycles. The number of alkyl halides is 2. The van der Waals surface area contributed by atoms with Gasteiger partial charge in [0.1, 0.15) is 6.23 Å². The normalized spacial score (nSPS) is 19.5. The van der Waals surface area contributed by atoms with E-state index in [-0.39, 0.29) is 47.9 Å². The summed E-state index contributed by atoms with van der Waals surface area (Å²) in [6.07, 6.45) is 11.2. The van der Waals surface area contributed by atoms with Crippen LogP contribution in [-0.2, 0) is 40.8 Å². The Morgan fingerprint density at radius 2 is 1.62 bits per heavy atom. The number of β-amino-alcohol motifs (C(OH)–C–C–N with tert-alkyl or cyclic N) is 1. The van der Waals surface area contributed by atoms with Crippen molar-refractivity contribution in [3.05, 3.63) is 127 Å². The SMILES string of the molecule is Cc1ncsc1-c1ccc([C@H](C)NC(=O)[C@@H]2CC(O)CN2C(O)[C@@H](NC(=O)CCCCCCCCCn2cc(-c3cc4c(cc3C(F)F)CC(c3cc(C5CCOCC5)cc5c3cc(C)c(=O)n5C)CCC4)cn2)C(C)(C)C)cc1. The number of nitrogens with zero attached hydrogens (tertiary/aromatic N) is 5. The van der Waals surface area contributed by atoms with E-state index in [4.69, 9.17) is 4.74 Å². The number of thiazole rings is 1. The van der Waals surface area contributed by atoms with E-state index in [1.807, 2.05) is 101 Å². The number of aromatic nitrogens is 4. The lowest BCUT2D eigenvalue weighted by molar-refractivity contribution is -0.135. The number of halogens is 2. The second-order valence-electron chi connectivity index (χ2n) is 24.2. The van der Waals surface area contributed by atoms with Crippen LogP contribution < -0.4 is 16.2 Å². The van der Waals surface area contributed by atoms with E-state index in [1.165, 1.54) is 11.1 Å². The summed E-state index contributed by atoms with van der Waals surface area (Å²) in [6, 6.07) is 16.6. The molecule has 9 rings (SSSR count). The standard InChI is InChI=1S/C64H83F2N7O6S/c1-39-28-53-51(31-48(43-23-26-79-27-24-43)33-55(53)71(7)62(39)77)46-17-15-16-45-30-52(54(60(65)66)32-47(45)29-46)49-35-68-72(36-49)25-14-12-10-8-9-11-13-18-57(75)70-59(64(4,5)6)63(78)73-37-50(74)34-56(73)61(76)69-40(2)42-19-21-44(22-20-42)58-41(3)67-38-80-58/h19-22,28,30-33,35-36,38,40,43,46,50,56,59-60,63,74,78H,8-18,23-27,29,34,37H2,1-7H3,(H,69,76)(H,70,75)/t40-,46?,50?,56-,59+,63?/m0/s1. The third-order valence-corrected chi connectivity index (χ3v) is 18.3. The number of aliphatic hydroxyl groups is 2. The highest BCUT2D eigenvalue weighted by Gasteiger charge is 2.45. The van der Waals surface area contributed by atoms with E-state index in [0.29, 0.717) is 48.4 Å². The number of unbranched alkanes of at least 4 members (excludes halogenated alkanes) is 6. The van der Waals surface area contributed by atoms with Gasteiger partial charge >= 0.3 is 0 Å². The van der Waals surface area contributed by atoms with Crippen LogP contribution in [0.25, 0.3) is 32.5 Å². The molecule has 3 unspecified atom stereocenters. The number of fused-ring (bicyclic) bond motifs is 2. The summed E-state index contributed by atoms with van der Waals surface area (Å²) >= 11 is 1.59. The Labute approximate surface area is 474 Å². The van der Waals surface area contributed by atoms with Crippen molar-refractivity contribution < 1.29 is 33.3 Å². The molecule has 5 heterocycles. The van der Waals surface area contributed by atoms with Crippen LogP contribution in [-0.4, -0.2) is 90.4 Å². The van der Waals surface area contributed by atoms with Crippen molar-refractivity contribution in [3.8, 4) is 21.6 Å². The monoisotopic (exact) mass is 1120 g/mol. The Morgan fingerprint density at radius 3 is 2.33 bits per heavy atom. The minimum absolute atomic E-state index is 0.000430. The van der Waals surface area contributed by atoms with Gasteiger partial charge < -0.3 is 30.2 Å². The second-order valence-corrected chi connectivity index (χ2v) is 25.0. The van der Waals surface area contributed by atoms with Crippen molar-refractivity contribution in [1.29, 1.82) is 0 Å². The Balaban J connectivity index is 0.727. The summed E-state index contributed by atoms with van der Waals surface area (Å²) in [6.45, 7) is 13.9. The number of hydrogen-bond acceptors (Lipinski definition) is 10. The molecule has 4 N–H and O–H groups in total. The summed E-state index contributed by atoms with van der Waals surface area (Å²) in [7, 11) is 1.85. The fourth-order valence-corrected chi connectivity index (χ4v) is 13.4. The van der Waals surface area contributed by atoms with E-state index in [2.05, 4.69) is 32.8 Å². The molecule has 2 aliphatic heterocycles. The summed E-state index contributed by atoms with van der Waals surface area (Å²) in [4.78, 5) is 47.4. The highest BCUT2D eigenvalue weighted by molar-refractivity contribution is 7.13. The number of carbonyl (C=O) groups excluding carboxylic acids is 2. The van der Waals surface area contributed by atoms with Gasteiger partial charge in [-0.3, -0.25) is 24.0 Å². The van der Waals surface area contributed by atoms with Crippen LogP contribution in [0, 0.1) is 19.3 Å². The van der Waals surface area contributed by atoms with Crippen molar-refractivity contribution in [2.75, 3.05) is 19.8 Å². The Hall–Kier alpha value is -5.65. The second kappa shape index (κ2) is 26.1. The van der Waals surface area contributed by atoms with Crippen molar-refractivity contribution >= 4 is 34.1 Å². The number of aryl methyl sites for hydroxylation is 5. The molecule has 0 radical (unpaired) electrons. The minimum atomic E-state index is -2.65. The molecule has 1 aliphatic carbocycles.